The van der Waals surface area contributed by atoms with Gasteiger partial charge in [-0.2, -0.15) is 0 Å². The molecule has 484 valence electrons. The number of likely N-dealkylation sites (tertiary alicyclic amines) is 2. The van der Waals surface area contributed by atoms with Crippen LogP contribution < -0.4 is 0 Å². The Balaban J connectivity index is -0.00000193. The molecule has 4 fully saturated rings. The molecule has 0 aliphatic carbocycles. The number of amides is 4. The highest BCUT2D eigenvalue weighted by Gasteiger charge is 2.61. The average Bonchev–Trinajstić information content (AvgIpc) is 4.18. The van der Waals surface area contributed by atoms with Crippen molar-refractivity contribution in [3.8, 4) is 0 Å². The average molecular weight is 1200 g/mol. The Morgan fingerprint density at radius 2 is 0.617 bits per heavy atom. The van der Waals surface area contributed by atoms with E-state index in [9.17, 15) is 19.2 Å². The normalized spacial score (nSPS) is 23.1. The summed E-state index contributed by atoms with van der Waals surface area (Å²) in [6.07, 6.45) is 5.44. The maximum Gasteiger partial charge on any atom is 0.236 e. The number of carbonyl (C=O) groups excluding carboxylic acids is 4. The first-order valence-corrected chi connectivity index (χ1v) is 31.5. The second-order valence-corrected chi connectivity index (χ2v) is 31.6. The van der Waals surface area contributed by atoms with E-state index in [0.717, 1.165) is 0 Å². The van der Waals surface area contributed by atoms with Crippen LogP contribution >= 0.6 is 0 Å². The predicted octanol–water partition coefficient (Wildman–Crippen LogP) is 10.2. The van der Waals surface area contributed by atoms with Crippen molar-refractivity contribution in [3.05, 3.63) is 24.3 Å². The Hall–Kier alpha value is -2.33. The van der Waals surface area contributed by atoms with Gasteiger partial charge in [-0.1, -0.05) is 140 Å². The van der Waals surface area contributed by atoms with Crippen LogP contribution in [0, 0.1) is 23.7 Å². The molecule has 6 heterocycles. The van der Waals surface area contributed by atoms with Gasteiger partial charge in [0, 0.05) is 0 Å². The van der Waals surface area contributed by atoms with E-state index in [2.05, 4.69) is 67.7 Å². The van der Waals surface area contributed by atoms with Crippen LogP contribution in [0.4, 0.5) is 0 Å². The summed E-state index contributed by atoms with van der Waals surface area (Å²) in [5.74, 6) is -2.54. The zero-order valence-corrected chi connectivity index (χ0v) is 46.1. The van der Waals surface area contributed by atoms with Crippen molar-refractivity contribution in [1.29, 1.82) is 0 Å². The lowest BCUT2D eigenvalue weighted by atomic mass is 9.85. The summed E-state index contributed by atoms with van der Waals surface area (Å²) in [6, 6.07) is 0. The van der Waals surface area contributed by atoms with Crippen LogP contribution in [0.5, 0.6) is 0 Å². The Morgan fingerprint density at radius 3 is 0.889 bits per heavy atom. The minimum Gasteiger partial charge on any atom is -0.414 e. The molecule has 21 heteroatoms. The van der Waals surface area contributed by atoms with Gasteiger partial charge in [-0.05, 0) is 36.3 Å². The van der Waals surface area contributed by atoms with Crippen LogP contribution in [-0.4, -0.2) is 219 Å². The van der Waals surface area contributed by atoms with Crippen molar-refractivity contribution in [3.63, 3.8) is 0 Å². The maximum absolute atomic E-state index is 12.9. The van der Waals surface area contributed by atoms with E-state index in [1.165, 1.54) is 9.80 Å². The monoisotopic (exact) mass is 1200 g/mol. The standard InChI is InChI=1S/C50H84N2O17Si2.10CH4/c1-49(2,3)70(7,8)66-29-25-62-33-36(34-63-26-30-67-71(9,10)50(4,5)6)65-28-24-59-23-27-64-35(31-60-21-19-57-17-15-51-45(53)41-37-11-12-38(68-37)42(41)46(51)54)32-61-22-20-58-18-16-52-47(55)43-39-13-14-40(69-39)44(43)48(52)56;;;;;;;;;;/h11-14,35-44H,15-34H2,1-10H3;10*1H4. The fourth-order valence-electron chi connectivity index (χ4n) is 8.86. The van der Waals surface area contributed by atoms with Crippen molar-refractivity contribution in [2.45, 2.75) is 189 Å². The molecule has 6 aliphatic rings. The molecule has 81 heavy (non-hydrogen) atoms. The van der Waals surface area contributed by atoms with E-state index in [0.29, 0.717) is 59.5 Å². The number of ether oxygens (including phenoxy) is 11. The van der Waals surface area contributed by atoms with Crippen molar-refractivity contribution < 1.29 is 80.1 Å². The van der Waals surface area contributed by atoms with Gasteiger partial charge in [-0.15, -0.1) is 0 Å². The fourth-order valence-corrected chi connectivity index (χ4v) is 10.9. The van der Waals surface area contributed by atoms with Crippen LogP contribution in [0.3, 0.4) is 0 Å². The molecule has 0 spiro atoms. The highest BCUT2D eigenvalue weighted by atomic mass is 28.4. The topological polar surface area (TPSA) is 195 Å². The highest BCUT2D eigenvalue weighted by molar-refractivity contribution is 6.74. The number of rotatable bonds is 36. The lowest BCUT2D eigenvalue weighted by Gasteiger charge is -2.36. The predicted molar refractivity (Wildman–Crippen MR) is 332 cm³/mol. The summed E-state index contributed by atoms with van der Waals surface area (Å²) in [6.45, 7) is 28.3. The molecular formula is C60H124N2O17Si2. The summed E-state index contributed by atoms with van der Waals surface area (Å²) in [5.41, 5.74) is 0. The largest absolute Gasteiger partial charge is 0.414 e. The van der Waals surface area contributed by atoms with Crippen molar-refractivity contribution in [2.24, 2.45) is 23.7 Å². The number of hydrogen-bond donors (Lipinski definition) is 0. The van der Waals surface area contributed by atoms with E-state index in [1.807, 2.05) is 24.3 Å². The molecule has 0 saturated carbocycles. The first-order chi connectivity index (χ1) is 33.7. The summed E-state index contributed by atoms with van der Waals surface area (Å²) >= 11 is 0. The smallest absolute Gasteiger partial charge is 0.236 e. The minimum atomic E-state index is -1.88. The third-order valence-corrected chi connectivity index (χ3v) is 24.1. The summed E-state index contributed by atoms with van der Waals surface area (Å²) in [7, 11) is -3.76. The third-order valence-electron chi connectivity index (χ3n) is 15.0. The van der Waals surface area contributed by atoms with Gasteiger partial charge in [0.2, 0.25) is 23.6 Å². The second-order valence-electron chi connectivity index (χ2n) is 22.0. The van der Waals surface area contributed by atoms with Crippen LogP contribution in [0.1, 0.15) is 116 Å². The molecule has 19 nitrogen and oxygen atoms in total. The first kappa shape index (κ1) is 87.4. The molecule has 6 rings (SSSR count). The third kappa shape index (κ3) is 23.5. The zero-order chi connectivity index (χ0) is 51.4. The number of carbonyl (C=O) groups is 4. The molecule has 4 amide bonds. The first-order valence-electron chi connectivity index (χ1n) is 25.6. The van der Waals surface area contributed by atoms with E-state index >= 15 is 0 Å². The molecule has 0 aromatic heterocycles. The van der Waals surface area contributed by atoms with Gasteiger partial charge < -0.3 is 61.0 Å². The molecule has 0 aromatic rings. The summed E-state index contributed by atoms with van der Waals surface area (Å²) in [5, 5.41) is 0.237. The van der Waals surface area contributed by atoms with Gasteiger partial charge in [0.05, 0.1) is 180 Å². The number of fused-ring (bicyclic) bond motifs is 10. The molecule has 8 unspecified atom stereocenters. The van der Waals surface area contributed by atoms with Crippen molar-refractivity contribution in [2.75, 3.05) is 132 Å². The molecule has 4 bridgehead atoms. The highest BCUT2D eigenvalue weighted by Crippen LogP contribution is 2.46. The van der Waals surface area contributed by atoms with Crippen LogP contribution in [0.2, 0.25) is 36.3 Å². The van der Waals surface area contributed by atoms with Crippen LogP contribution in [-0.2, 0) is 80.1 Å². The quantitative estimate of drug-likeness (QED) is 0.0249. The van der Waals surface area contributed by atoms with Gasteiger partial charge in [0.1, 0.15) is 12.2 Å². The lowest BCUT2D eigenvalue weighted by molar-refractivity contribution is -0.144. The van der Waals surface area contributed by atoms with Crippen LogP contribution in [0.25, 0.3) is 0 Å². The minimum absolute atomic E-state index is 0. The Labute approximate surface area is 497 Å². The van der Waals surface area contributed by atoms with Gasteiger partial charge in [0.25, 0.3) is 0 Å². The number of imide groups is 2. The Bertz CT molecular complexity index is 1630. The lowest BCUT2D eigenvalue weighted by Crippen LogP contribution is -2.42. The number of hydrogen-bond acceptors (Lipinski definition) is 17. The summed E-state index contributed by atoms with van der Waals surface area (Å²) < 4.78 is 77.4. The van der Waals surface area contributed by atoms with E-state index in [4.69, 9.17) is 61.0 Å². The molecule has 4 saturated heterocycles. The molecule has 0 radical (unpaired) electrons. The molecular weight excluding hydrogens is 1080 g/mol. The van der Waals surface area contributed by atoms with Gasteiger partial charge in [0.15, 0.2) is 16.6 Å². The van der Waals surface area contributed by atoms with Crippen molar-refractivity contribution in [1.82, 2.24) is 9.80 Å². The molecule has 0 N–H and O–H groups in total. The summed E-state index contributed by atoms with van der Waals surface area (Å²) in [4.78, 5) is 54.3. The Morgan fingerprint density at radius 1 is 0.383 bits per heavy atom. The molecule has 0 aromatic carbocycles. The van der Waals surface area contributed by atoms with E-state index in [-0.39, 0.29) is 211 Å². The van der Waals surface area contributed by atoms with Crippen LogP contribution in [0.15, 0.2) is 24.3 Å². The van der Waals surface area contributed by atoms with Crippen molar-refractivity contribution >= 4 is 40.3 Å². The molecule has 6 aliphatic heterocycles. The maximum atomic E-state index is 12.9. The fraction of sp³-hybridized carbons (Fsp3) is 0.867. The number of nitrogens with zero attached hydrogens (tertiary/aromatic N) is 2. The van der Waals surface area contributed by atoms with E-state index in [1.54, 1.807) is 0 Å². The zero-order valence-electron chi connectivity index (χ0n) is 44.1. The Kier molecular flexibility index (Phi) is 43.3. The molecule has 8 atom stereocenters. The van der Waals surface area contributed by atoms with Gasteiger partial charge in [-0.25, -0.2) is 0 Å². The SMILES string of the molecule is C.C.C.C.C.C.C.C.C.C.CC(C)(C)[Si](C)(C)OCCOCC(COCCO[Si](C)(C)C(C)(C)C)OCCOCCOC(COCCOCCN1C(=O)C2C3C=CC(O3)C2C1=O)COCCOCCN1C(=O)C2C3C=CC(O3)C2C1=O. The second kappa shape index (κ2) is 40.1. The van der Waals surface area contributed by atoms with Gasteiger partial charge >= 0.3 is 0 Å². The van der Waals surface area contributed by atoms with E-state index < -0.39 is 46.4 Å². The van der Waals surface area contributed by atoms with Gasteiger partial charge in [-0.3, -0.25) is 29.0 Å².